The summed E-state index contributed by atoms with van der Waals surface area (Å²) < 4.78 is 18.2. The molecule has 0 unspecified atom stereocenters. The van der Waals surface area contributed by atoms with Crippen LogP contribution in [-0.4, -0.2) is 11.7 Å². The zero-order valence-electron chi connectivity index (χ0n) is 10.0. The summed E-state index contributed by atoms with van der Waals surface area (Å²) in [5, 5.41) is 7.36. The van der Waals surface area contributed by atoms with Crippen molar-refractivity contribution in [3.8, 4) is 11.3 Å². The van der Waals surface area contributed by atoms with Crippen molar-refractivity contribution in [2.75, 3.05) is 6.54 Å². The molecular weight excluding hydrogens is 255 g/mol. The summed E-state index contributed by atoms with van der Waals surface area (Å²) in [5.74, 6) is 0.220. The fourth-order valence-corrected chi connectivity index (χ4v) is 1.93. The minimum atomic E-state index is -0.367. The van der Waals surface area contributed by atoms with E-state index < -0.39 is 0 Å². The SMILES string of the molecule is CCCNCc1cnoc1-c1ccc(F)cc1Cl. The van der Waals surface area contributed by atoms with Gasteiger partial charge in [-0.2, -0.15) is 0 Å². The van der Waals surface area contributed by atoms with Crippen LogP contribution >= 0.6 is 11.6 Å². The number of hydrogen-bond donors (Lipinski definition) is 1. The van der Waals surface area contributed by atoms with Crippen LogP contribution in [0.5, 0.6) is 0 Å². The number of hydrogen-bond acceptors (Lipinski definition) is 3. The molecule has 0 saturated carbocycles. The van der Waals surface area contributed by atoms with Crippen LogP contribution < -0.4 is 5.32 Å². The summed E-state index contributed by atoms with van der Waals surface area (Å²) in [6, 6.07) is 4.22. The van der Waals surface area contributed by atoms with Crippen LogP contribution in [0.25, 0.3) is 11.3 Å². The van der Waals surface area contributed by atoms with E-state index in [2.05, 4.69) is 17.4 Å². The number of benzene rings is 1. The van der Waals surface area contributed by atoms with Crippen molar-refractivity contribution < 1.29 is 8.91 Å². The van der Waals surface area contributed by atoms with Crippen LogP contribution in [0.4, 0.5) is 4.39 Å². The molecule has 18 heavy (non-hydrogen) atoms. The standard InChI is InChI=1S/C13H14ClFN2O/c1-2-5-16-7-9-8-17-18-13(9)11-4-3-10(15)6-12(11)14/h3-4,6,8,16H,2,5,7H2,1H3. The lowest BCUT2D eigenvalue weighted by Crippen LogP contribution is -2.13. The van der Waals surface area contributed by atoms with Gasteiger partial charge in [0.2, 0.25) is 0 Å². The van der Waals surface area contributed by atoms with Gasteiger partial charge < -0.3 is 9.84 Å². The maximum Gasteiger partial charge on any atom is 0.172 e. The Morgan fingerprint density at radius 3 is 3.00 bits per heavy atom. The maximum absolute atomic E-state index is 13.0. The second kappa shape index (κ2) is 5.98. The molecule has 0 amide bonds. The molecule has 0 aliphatic carbocycles. The summed E-state index contributed by atoms with van der Waals surface area (Å²) in [4.78, 5) is 0. The zero-order valence-corrected chi connectivity index (χ0v) is 10.8. The van der Waals surface area contributed by atoms with Crippen molar-refractivity contribution in [1.82, 2.24) is 10.5 Å². The summed E-state index contributed by atoms with van der Waals surface area (Å²) in [6.07, 6.45) is 2.70. The van der Waals surface area contributed by atoms with E-state index in [-0.39, 0.29) is 5.82 Å². The van der Waals surface area contributed by atoms with Crippen LogP contribution in [-0.2, 0) is 6.54 Å². The van der Waals surface area contributed by atoms with Crippen LogP contribution in [0.1, 0.15) is 18.9 Å². The highest BCUT2D eigenvalue weighted by Gasteiger charge is 2.14. The summed E-state index contributed by atoms with van der Waals surface area (Å²) in [5.41, 5.74) is 1.57. The number of nitrogens with zero attached hydrogens (tertiary/aromatic N) is 1. The summed E-state index contributed by atoms with van der Waals surface area (Å²) >= 11 is 6.01. The van der Waals surface area contributed by atoms with Gasteiger partial charge in [0, 0.05) is 17.7 Å². The normalized spacial score (nSPS) is 10.8. The fraction of sp³-hybridized carbons (Fsp3) is 0.308. The molecular formula is C13H14ClFN2O. The van der Waals surface area contributed by atoms with Crippen LogP contribution in [0.2, 0.25) is 5.02 Å². The minimum absolute atomic E-state index is 0.323. The smallest absolute Gasteiger partial charge is 0.172 e. The van der Waals surface area contributed by atoms with E-state index in [1.807, 2.05) is 0 Å². The molecule has 1 heterocycles. The number of nitrogens with one attached hydrogen (secondary N) is 1. The van der Waals surface area contributed by atoms with Crippen LogP contribution in [0, 0.1) is 5.82 Å². The predicted octanol–water partition coefficient (Wildman–Crippen LogP) is 3.63. The van der Waals surface area contributed by atoms with Gasteiger partial charge in [-0.3, -0.25) is 0 Å². The van der Waals surface area contributed by atoms with E-state index in [1.165, 1.54) is 12.1 Å². The van der Waals surface area contributed by atoms with Crippen LogP contribution in [0.3, 0.4) is 0 Å². The lowest BCUT2D eigenvalue weighted by molar-refractivity contribution is 0.431. The Labute approximate surface area is 110 Å². The van der Waals surface area contributed by atoms with Gasteiger partial charge in [0.15, 0.2) is 5.76 Å². The first-order valence-corrected chi connectivity index (χ1v) is 6.20. The molecule has 0 aliphatic heterocycles. The van der Waals surface area contributed by atoms with Gasteiger partial charge in [0.1, 0.15) is 5.82 Å². The van der Waals surface area contributed by atoms with Gasteiger partial charge in [0.05, 0.1) is 11.2 Å². The van der Waals surface area contributed by atoms with Gasteiger partial charge in [-0.25, -0.2) is 4.39 Å². The Hall–Kier alpha value is -1.39. The first kappa shape index (κ1) is 13.1. The van der Waals surface area contributed by atoms with E-state index in [0.717, 1.165) is 18.5 Å². The van der Waals surface area contributed by atoms with E-state index in [4.69, 9.17) is 16.1 Å². The van der Waals surface area contributed by atoms with Gasteiger partial charge in [-0.15, -0.1) is 0 Å². The molecule has 2 aromatic rings. The lowest BCUT2D eigenvalue weighted by Gasteiger charge is -2.04. The molecule has 3 nitrogen and oxygen atoms in total. The Bertz CT molecular complexity index is 527. The van der Waals surface area contributed by atoms with Crippen molar-refractivity contribution in [2.24, 2.45) is 0 Å². The largest absolute Gasteiger partial charge is 0.356 e. The third-order valence-corrected chi connectivity index (χ3v) is 2.87. The van der Waals surface area contributed by atoms with E-state index in [1.54, 1.807) is 12.3 Å². The quantitative estimate of drug-likeness (QED) is 0.842. The molecule has 0 atom stereocenters. The molecule has 1 N–H and O–H groups in total. The zero-order chi connectivity index (χ0) is 13.0. The second-order valence-electron chi connectivity index (χ2n) is 3.98. The Balaban J connectivity index is 2.25. The minimum Gasteiger partial charge on any atom is -0.356 e. The number of rotatable bonds is 5. The van der Waals surface area contributed by atoms with E-state index in [9.17, 15) is 4.39 Å². The molecule has 2 rings (SSSR count). The predicted molar refractivity (Wildman–Crippen MR) is 68.9 cm³/mol. The maximum atomic E-state index is 13.0. The van der Waals surface area contributed by atoms with Crippen LogP contribution in [0.15, 0.2) is 28.9 Å². The lowest BCUT2D eigenvalue weighted by atomic mass is 10.1. The average molecular weight is 269 g/mol. The Morgan fingerprint density at radius 2 is 2.28 bits per heavy atom. The van der Waals surface area contributed by atoms with Crippen molar-refractivity contribution in [3.05, 3.63) is 40.8 Å². The molecule has 0 bridgehead atoms. The monoisotopic (exact) mass is 268 g/mol. The van der Waals surface area contributed by atoms with Crippen molar-refractivity contribution in [2.45, 2.75) is 19.9 Å². The second-order valence-corrected chi connectivity index (χ2v) is 4.39. The molecule has 1 aromatic carbocycles. The molecule has 5 heteroatoms. The van der Waals surface area contributed by atoms with E-state index in [0.29, 0.717) is 22.9 Å². The molecule has 96 valence electrons. The van der Waals surface area contributed by atoms with Gasteiger partial charge in [-0.1, -0.05) is 23.7 Å². The van der Waals surface area contributed by atoms with Crippen molar-refractivity contribution in [3.63, 3.8) is 0 Å². The molecule has 0 aliphatic rings. The third-order valence-electron chi connectivity index (χ3n) is 2.56. The Kier molecular flexibility index (Phi) is 4.33. The highest BCUT2D eigenvalue weighted by Crippen LogP contribution is 2.30. The van der Waals surface area contributed by atoms with Gasteiger partial charge in [-0.05, 0) is 31.2 Å². The third kappa shape index (κ3) is 2.89. The first-order valence-electron chi connectivity index (χ1n) is 5.82. The van der Waals surface area contributed by atoms with E-state index >= 15 is 0 Å². The van der Waals surface area contributed by atoms with Gasteiger partial charge in [0.25, 0.3) is 0 Å². The molecule has 1 aromatic heterocycles. The Morgan fingerprint density at radius 1 is 1.44 bits per heavy atom. The highest BCUT2D eigenvalue weighted by atomic mass is 35.5. The van der Waals surface area contributed by atoms with Gasteiger partial charge >= 0.3 is 0 Å². The summed E-state index contributed by atoms with van der Waals surface area (Å²) in [7, 11) is 0. The highest BCUT2D eigenvalue weighted by molar-refractivity contribution is 6.33. The van der Waals surface area contributed by atoms with Crippen molar-refractivity contribution in [1.29, 1.82) is 0 Å². The molecule has 0 saturated heterocycles. The van der Waals surface area contributed by atoms with Crippen molar-refractivity contribution >= 4 is 11.6 Å². The molecule has 0 fully saturated rings. The number of aromatic nitrogens is 1. The molecule has 0 spiro atoms. The number of halogens is 2. The average Bonchev–Trinajstić information content (AvgIpc) is 2.78. The first-order chi connectivity index (χ1) is 8.72. The fourth-order valence-electron chi connectivity index (χ4n) is 1.68. The molecule has 0 radical (unpaired) electrons. The summed E-state index contributed by atoms with van der Waals surface area (Å²) in [6.45, 7) is 3.67. The topological polar surface area (TPSA) is 38.1 Å².